The van der Waals surface area contributed by atoms with E-state index in [9.17, 15) is 13.2 Å². The van der Waals surface area contributed by atoms with Crippen molar-refractivity contribution in [1.29, 1.82) is 0 Å². The second-order valence-corrected chi connectivity index (χ2v) is 5.43. The predicted octanol–water partition coefficient (Wildman–Crippen LogP) is 1.33. The lowest BCUT2D eigenvalue weighted by atomic mass is 9.83. The van der Waals surface area contributed by atoms with Crippen molar-refractivity contribution in [2.45, 2.75) is 43.9 Å². The highest BCUT2D eigenvalue weighted by Crippen LogP contribution is 2.36. The predicted molar refractivity (Wildman–Crippen MR) is 67.8 cm³/mol. The van der Waals surface area contributed by atoms with Gasteiger partial charge in [0.15, 0.2) is 5.96 Å². The van der Waals surface area contributed by atoms with Gasteiger partial charge in [-0.15, -0.1) is 0 Å². The number of aliphatic imine (C=N–C) groups is 1. The minimum Gasteiger partial charge on any atom is -0.370 e. The van der Waals surface area contributed by atoms with Crippen LogP contribution in [-0.4, -0.2) is 49.3 Å². The van der Waals surface area contributed by atoms with E-state index in [0.717, 1.165) is 12.8 Å². The Kier molecular flexibility index (Phi) is 4.23. The Labute approximate surface area is 111 Å². The van der Waals surface area contributed by atoms with Gasteiger partial charge in [0.05, 0.1) is 5.92 Å². The Morgan fingerprint density at radius 1 is 1.26 bits per heavy atom. The van der Waals surface area contributed by atoms with Gasteiger partial charge in [0.1, 0.15) is 0 Å². The van der Waals surface area contributed by atoms with Crippen molar-refractivity contribution in [2.75, 3.05) is 20.1 Å². The lowest BCUT2D eigenvalue weighted by Crippen LogP contribution is -2.57. The zero-order chi connectivity index (χ0) is 14.0. The first kappa shape index (κ1) is 14.4. The van der Waals surface area contributed by atoms with Gasteiger partial charge in [0.2, 0.25) is 0 Å². The van der Waals surface area contributed by atoms with Gasteiger partial charge in [-0.05, 0) is 38.8 Å². The Morgan fingerprint density at radius 2 is 1.84 bits per heavy atom. The van der Waals surface area contributed by atoms with Crippen molar-refractivity contribution in [3.63, 3.8) is 0 Å². The Balaban J connectivity index is 1.70. The van der Waals surface area contributed by atoms with Crippen molar-refractivity contribution in [1.82, 2.24) is 10.2 Å². The summed E-state index contributed by atoms with van der Waals surface area (Å²) in [6.45, 7) is 1.11. The molecule has 2 fully saturated rings. The van der Waals surface area contributed by atoms with Gasteiger partial charge < -0.3 is 16.0 Å². The summed E-state index contributed by atoms with van der Waals surface area (Å²) in [6, 6.07) is 0.713. The topological polar surface area (TPSA) is 53.6 Å². The monoisotopic (exact) mass is 278 g/mol. The van der Waals surface area contributed by atoms with E-state index < -0.39 is 12.1 Å². The molecule has 0 unspecified atom stereocenters. The molecule has 1 aliphatic carbocycles. The molecule has 0 aromatic rings. The average Bonchev–Trinajstić information content (AvgIpc) is 2.32. The van der Waals surface area contributed by atoms with Crippen LogP contribution in [0, 0.1) is 5.92 Å². The third-order valence-corrected chi connectivity index (χ3v) is 4.21. The molecular formula is C12H21F3N4. The summed E-state index contributed by atoms with van der Waals surface area (Å²) in [6.07, 6.45) is -1.69. The molecule has 1 saturated heterocycles. The van der Waals surface area contributed by atoms with Crippen molar-refractivity contribution in [3.8, 4) is 0 Å². The molecule has 3 N–H and O–H groups in total. The fourth-order valence-electron chi connectivity index (χ4n) is 2.87. The smallest absolute Gasteiger partial charge is 0.370 e. The van der Waals surface area contributed by atoms with Gasteiger partial charge in [0.25, 0.3) is 0 Å². The molecule has 1 heterocycles. The summed E-state index contributed by atoms with van der Waals surface area (Å²) >= 11 is 0. The number of likely N-dealkylation sites (tertiary alicyclic amines) is 1. The van der Waals surface area contributed by atoms with E-state index in [-0.39, 0.29) is 12.8 Å². The van der Waals surface area contributed by atoms with E-state index in [2.05, 4.69) is 15.2 Å². The van der Waals surface area contributed by atoms with Crippen LogP contribution in [0.5, 0.6) is 0 Å². The average molecular weight is 278 g/mol. The molecule has 2 rings (SSSR count). The fraction of sp³-hybridized carbons (Fsp3) is 0.917. The molecule has 7 heteroatoms. The maximum Gasteiger partial charge on any atom is 0.391 e. The molecular weight excluding hydrogens is 257 g/mol. The van der Waals surface area contributed by atoms with Crippen LogP contribution in [0.15, 0.2) is 4.99 Å². The van der Waals surface area contributed by atoms with E-state index >= 15 is 0 Å². The van der Waals surface area contributed by atoms with Gasteiger partial charge >= 0.3 is 6.18 Å². The number of halogens is 3. The minimum atomic E-state index is -4.03. The van der Waals surface area contributed by atoms with Gasteiger partial charge in [-0.3, -0.25) is 4.99 Å². The van der Waals surface area contributed by atoms with E-state index in [1.54, 1.807) is 7.05 Å². The quantitative estimate of drug-likeness (QED) is 0.592. The number of nitrogens with one attached hydrogen (secondary N) is 1. The van der Waals surface area contributed by atoms with Gasteiger partial charge in [-0.25, -0.2) is 0 Å². The van der Waals surface area contributed by atoms with E-state index in [4.69, 9.17) is 5.73 Å². The number of nitrogens with two attached hydrogens (primary N) is 1. The summed E-state index contributed by atoms with van der Waals surface area (Å²) in [5.41, 5.74) is 5.57. The molecule has 0 radical (unpaired) electrons. The molecule has 0 spiro atoms. The lowest BCUT2D eigenvalue weighted by molar-refractivity contribution is -0.187. The molecule has 0 bridgehead atoms. The van der Waals surface area contributed by atoms with E-state index in [1.807, 2.05) is 0 Å². The van der Waals surface area contributed by atoms with E-state index in [0.29, 0.717) is 31.1 Å². The molecule has 0 amide bonds. The number of guanidine groups is 1. The SMILES string of the molecule is CN=C(N)NC1CC(N2CCC(C(F)(F)F)CC2)C1. The molecule has 19 heavy (non-hydrogen) atoms. The molecule has 1 saturated carbocycles. The van der Waals surface area contributed by atoms with Crippen LogP contribution in [0.25, 0.3) is 0 Å². The highest BCUT2D eigenvalue weighted by molar-refractivity contribution is 5.78. The van der Waals surface area contributed by atoms with Crippen LogP contribution >= 0.6 is 0 Å². The summed E-state index contributed by atoms with van der Waals surface area (Å²) in [5, 5.41) is 3.09. The summed E-state index contributed by atoms with van der Waals surface area (Å²) in [7, 11) is 1.63. The maximum absolute atomic E-state index is 12.6. The van der Waals surface area contributed by atoms with Gasteiger partial charge in [-0.2, -0.15) is 13.2 Å². The molecule has 0 aromatic carbocycles. The van der Waals surface area contributed by atoms with Crippen LogP contribution in [0.3, 0.4) is 0 Å². The van der Waals surface area contributed by atoms with Gasteiger partial charge in [0, 0.05) is 19.1 Å². The first-order chi connectivity index (χ1) is 8.90. The highest BCUT2D eigenvalue weighted by Gasteiger charge is 2.43. The zero-order valence-electron chi connectivity index (χ0n) is 11.1. The van der Waals surface area contributed by atoms with Gasteiger partial charge in [-0.1, -0.05) is 0 Å². The van der Waals surface area contributed by atoms with Crippen LogP contribution in [0.2, 0.25) is 0 Å². The first-order valence-corrected chi connectivity index (χ1v) is 6.69. The molecule has 1 aliphatic heterocycles. The number of rotatable bonds is 2. The van der Waals surface area contributed by atoms with Crippen molar-refractivity contribution in [2.24, 2.45) is 16.6 Å². The van der Waals surface area contributed by atoms with Crippen molar-refractivity contribution in [3.05, 3.63) is 0 Å². The maximum atomic E-state index is 12.6. The molecule has 2 aliphatic rings. The molecule has 110 valence electrons. The first-order valence-electron chi connectivity index (χ1n) is 6.69. The molecule has 0 atom stereocenters. The number of hydrogen-bond acceptors (Lipinski definition) is 2. The van der Waals surface area contributed by atoms with E-state index in [1.165, 1.54) is 0 Å². The minimum absolute atomic E-state index is 0.233. The third-order valence-electron chi connectivity index (χ3n) is 4.21. The van der Waals surface area contributed by atoms with Crippen molar-refractivity contribution >= 4 is 5.96 Å². The summed E-state index contributed by atoms with van der Waals surface area (Å²) < 4.78 is 37.7. The second kappa shape index (κ2) is 5.56. The normalized spacial score (nSPS) is 31.1. The van der Waals surface area contributed by atoms with Crippen LogP contribution in [0.4, 0.5) is 13.2 Å². The Morgan fingerprint density at radius 3 is 2.32 bits per heavy atom. The highest BCUT2D eigenvalue weighted by atomic mass is 19.4. The number of alkyl halides is 3. The van der Waals surface area contributed by atoms with Crippen molar-refractivity contribution < 1.29 is 13.2 Å². The summed E-state index contributed by atoms with van der Waals surface area (Å²) in [4.78, 5) is 6.01. The fourth-order valence-corrected chi connectivity index (χ4v) is 2.87. The lowest BCUT2D eigenvalue weighted by Gasteiger charge is -2.46. The largest absolute Gasteiger partial charge is 0.391 e. The zero-order valence-corrected chi connectivity index (χ0v) is 11.1. The van der Waals surface area contributed by atoms with Crippen LogP contribution in [-0.2, 0) is 0 Å². The van der Waals surface area contributed by atoms with Crippen LogP contribution < -0.4 is 11.1 Å². The summed E-state index contributed by atoms with van der Waals surface area (Å²) in [5.74, 6) is -0.681. The number of nitrogens with zero attached hydrogens (tertiary/aromatic N) is 2. The number of hydrogen-bond donors (Lipinski definition) is 2. The Hall–Kier alpha value is -0.980. The second-order valence-electron chi connectivity index (χ2n) is 5.43. The molecule has 4 nitrogen and oxygen atoms in total. The van der Waals surface area contributed by atoms with Crippen LogP contribution in [0.1, 0.15) is 25.7 Å². The Bertz CT molecular complexity index is 328. The molecule has 0 aromatic heterocycles. The third kappa shape index (κ3) is 3.52. The standard InChI is InChI=1S/C12H21F3N4/c1-17-11(16)18-9-6-10(7-9)19-4-2-8(3-5-19)12(13,14)15/h8-10H,2-7H2,1H3,(H3,16,17,18). The number of piperidine rings is 1.